The minimum Gasteiger partial charge on any atom is -0.248 e. The molecule has 0 aromatic heterocycles. The van der Waals surface area contributed by atoms with Gasteiger partial charge in [0.2, 0.25) is 0 Å². The molecule has 1 amide bonds. The summed E-state index contributed by atoms with van der Waals surface area (Å²) in [4.78, 5) is 12.4. The van der Waals surface area contributed by atoms with Gasteiger partial charge in [-0.2, -0.15) is 0 Å². The molecular formula is C14H28NO+. The maximum atomic E-state index is 12.4. The Morgan fingerprint density at radius 2 is 1.50 bits per heavy atom. The highest BCUT2D eigenvalue weighted by molar-refractivity contribution is 5.81. The zero-order valence-corrected chi connectivity index (χ0v) is 12.1. The Kier molecular flexibility index (Phi) is 4.52. The second-order valence-corrected chi connectivity index (χ2v) is 6.42. The highest BCUT2D eigenvalue weighted by Gasteiger charge is 2.53. The van der Waals surface area contributed by atoms with Gasteiger partial charge in [-0.05, 0) is 48.0 Å². The van der Waals surface area contributed by atoms with Crippen molar-refractivity contribution >= 4 is 5.91 Å². The summed E-state index contributed by atoms with van der Waals surface area (Å²) < 4.78 is 0.458. The Bertz CT molecular complexity index is 251. The van der Waals surface area contributed by atoms with Crippen LogP contribution in [-0.2, 0) is 4.79 Å². The van der Waals surface area contributed by atoms with E-state index in [1.165, 1.54) is 6.08 Å². The normalized spacial score (nSPS) is 13.7. The van der Waals surface area contributed by atoms with Crippen molar-refractivity contribution in [2.75, 3.05) is 6.54 Å². The molecule has 94 valence electrons. The third kappa shape index (κ3) is 2.37. The van der Waals surface area contributed by atoms with Crippen LogP contribution < -0.4 is 0 Å². The van der Waals surface area contributed by atoms with Gasteiger partial charge in [-0.25, -0.2) is 9.28 Å². The molecule has 0 atom stereocenters. The number of carbonyl (C=O) groups excluding carboxylic acids is 1. The van der Waals surface area contributed by atoms with E-state index >= 15 is 0 Å². The van der Waals surface area contributed by atoms with E-state index < -0.39 is 0 Å². The first-order chi connectivity index (χ1) is 7.04. The van der Waals surface area contributed by atoms with E-state index in [-0.39, 0.29) is 17.0 Å². The van der Waals surface area contributed by atoms with Gasteiger partial charge < -0.3 is 0 Å². The van der Waals surface area contributed by atoms with E-state index in [1.54, 1.807) is 0 Å². The van der Waals surface area contributed by atoms with E-state index in [9.17, 15) is 4.79 Å². The molecule has 0 spiro atoms. The SMILES string of the molecule is C=CC(=O)[N+](CCC)(C(C)(C)C)C(C)(C)C. The van der Waals surface area contributed by atoms with Crippen molar-refractivity contribution in [1.82, 2.24) is 0 Å². The highest BCUT2D eigenvalue weighted by atomic mass is 16.2. The lowest BCUT2D eigenvalue weighted by Crippen LogP contribution is -2.71. The summed E-state index contributed by atoms with van der Waals surface area (Å²) in [6.45, 7) is 19.5. The number of nitrogens with zero attached hydrogens (tertiary/aromatic N) is 1. The smallest absolute Gasteiger partial charge is 0.248 e. The Labute approximate surface area is 101 Å². The topological polar surface area (TPSA) is 17.1 Å². The second kappa shape index (κ2) is 4.70. The molecule has 0 saturated heterocycles. The van der Waals surface area contributed by atoms with Crippen LogP contribution in [0.5, 0.6) is 0 Å². The van der Waals surface area contributed by atoms with E-state index in [0.29, 0.717) is 4.48 Å². The van der Waals surface area contributed by atoms with Crippen LogP contribution in [0.4, 0.5) is 0 Å². The molecule has 0 heterocycles. The summed E-state index contributed by atoms with van der Waals surface area (Å²) in [7, 11) is 0. The molecule has 0 aliphatic heterocycles. The molecule has 0 aromatic rings. The number of carbonyl (C=O) groups is 1. The molecule has 0 fully saturated rings. The average Bonchev–Trinajstić information content (AvgIpc) is 2.08. The van der Waals surface area contributed by atoms with Crippen molar-refractivity contribution < 1.29 is 9.28 Å². The number of quaternary nitrogens is 1. The third-order valence-electron chi connectivity index (χ3n) is 3.40. The van der Waals surface area contributed by atoms with E-state index in [1.807, 2.05) is 0 Å². The van der Waals surface area contributed by atoms with Gasteiger partial charge in [0, 0.05) is 6.08 Å². The van der Waals surface area contributed by atoms with E-state index in [2.05, 4.69) is 55.0 Å². The van der Waals surface area contributed by atoms with Crippen LogP contribution in [0, 0.1) is 0 Å². The third-order valence-corrected chi connectivity index (χ3v) is 3.40. The summed E-state index contributed by atoms with van der Waals surface area (Å²) in [5, 5.41) is 0. The van der Waals surface area contributed by atoms with E-state index in [0.717, 1.165) is 13.0 Å². The van der Waals surface area contributed by atoms with Crippen LogP contribution in [0.15, 0.2) is 12.7 Å². The highest BCUT2D eigenvalue weighted by Crippen LogP contribution is 2.36. The monoisotopic (exact) mass is 226 g/mol. The molecule has 0 rings (SSSR count). The lowest BCUT2D eigenvalue weighted by Gasteiger charge is -2.54. The van der Waals surface area contributed by atoms with Crippen molar-refractivity contribution in [2.24, 2.45) is 0 Å². The van der Waals surface area contributed by atoms with Gasteiger partial charge in [0.05, 0.1) is 17.6 Å². The molecule has 2 heteroatoms. The summed E-state index contributed by atoms with van der Waals surface area (Å²) in [5.41, 5.74) is -0.223. The van der Waals surface area contributed by atoms with Crippen LogP contribution in [0.2, 0.25) is 0 Å². The minimum absolute atomic E-state index is 0.112. The van der Waals surface area contributed by atoms with E-state index in [4.69, 9.17) is 0 Å². The summed E-state index contributed by atoms with van der Waals surface area (Å²) in [5.74, 6) is 0.127. The second-order valence-electron chi connectivity index (χ2n) is 6.42. The number of rotatable bonds is 3. The lowest BCUT2D eigenvalue weighted by molar-refractivity contribution is -0.941. The molecule has 16 heavy (non-hydrogen) atoms. The Balaban J connectivity index is 5.79. The zero-order chi connectivity index (χ0) is 13.2. The number of amides is 1. The van der Waals surface area contributed by atoms with Crippen molar-refractivity contribution in [3.05, 3.63) is 12.7 Å². The Morgan fingerprint density at radius 3 is 1.69 bits per heavy atom. The molecule has 0 N–H and O–H groups in total. The Morgan fingerprint density at radius 1 is 1.12 bits per heavy atom. The Hall–Kier alpha value is -0.630. The molecule has 0 aliphatic carbocycles. The standard InChI is InChI=1S/C14H28NO/c1-9-11-15(12(16)10-2,13(3,4)5)14(6,7)8/h10H,2,9,11H2,1,3-8H3/q+1. The fraction of sp³-hybridized carbons (Fsp3) is 0.786. The van der Waals surface area contributed by atoms with Crippen molar-refractivity contribution in [1.29, 1.82) is 0 Å². The predicted octanol–water partition coefficient (Wildman–Crippen LogP) is 3.52. The lowest BCUT2D eigenvalue weighted by atomic mass is 9.89. The maximum absolute atomic E-state index is 12.4. The molecule has 0 bridgehead atoms. The van der Waals surface area contributed by atoms with Gasteiger partial charge in [0.1, 0.15) is 0 Å². The quantitative estimate of drug-likeness (QED) is 0.531. The van der Waals surface area contributed by atoms with Crippen LogP contribution in [0.25, 0.3) is 0 Å². The van der Waals surface area contributed by atoms with Crippen molar-refractivity contribution in [3.63, 3.8) is 0 Å². The van der Waals surface area contributed by atoms with Crippen LogP contribution in [0.3, 0.4) is 0 Å². The molecule has 0 aliphatic rings. The molecule has 0 radical (unpaired) electrons. The van der Waals surface area contributed by atoms with Crippen LogP contribution in [-0.4, -0.2) is 28.0 Å². The molecule has 0 unspecified atom stereocenters. The summed E-state index contributed by atoms with van der Waals surface area (Å²) in [6, 6.07) is 0. The predicted molar refractivity (Wildman–Crippen MR) is 70.1 cm³/mol. The molecular weight excluding hydrogens is 198 g/mol. The minimum atomic E-state index is -0.112. The average molecular weight is 226 g/mol. The van der Waals surface area contributed by atoms with Gasteiger partial charge >= 0.3 is 5.91 Å². The van der Waals surface area contributed by atoms with Gasteiger partial charge in [0.15, 0.2) is 0 Å². The summed E-state index contributed by atoms with van der Waals surface area (Å²) >= 11 is 0. The number of hydrogen-bond acceptors (Lipinski definition) is 1. The first-order valence-corrected chi connectivity index (χ1v) is 6.10. The largest absolute Gasteiger partial charge is 0.338 e. The van der Waals surface area contributed by atoms with Crippen LogP contribution >= 0.6 is 0 Å². The van der Waals surface area contributed by atoms with Gasteiger partial charge in [-0.1, -0.05) is 13.5 Å². The van der Waals surface area contributed by atoms with Crippen LogP contribution in [0.1, 0.15) is 54.9 Å². The summed E-state index contributed by atoms with van der Waals surface area (Å²) in [6.07, 6.45) is 2.47. The van der Waals surface area contributed by atoms with Crippen molar-refractivity contribution in [3.8, 4) is 0 Å². The molecule has 0 saturated carbocycles. The van der Waals surface area contributed by atoms with Crippen molar-refractivity contribution in [2.45, 2.75) is 66.0 Å². The van der Waals surface area contributed by atoms with Gasteiger partial charge in [-0.3, -0.25) is 0 Å². The fourth-order valence-corrected chi connectivity index (χ4v) is 2.94. The molecule has 0 aromatic carbocycles. The first-order valence-electron chi connectivity index (χ1n) is 6.10. The van der Waals surface area contributed by atoms with Gasteiger partial charge in [-0.15, -0.1) is 0 Å². The fourth-order valence-electron chi connectivity index (χ4n) is 2.94. The first kappa shape index (κ1) is 15.4. The number of hydrogen-bond donors (Lipinski definition) is 0. The molecule has 2 nitrogen and oxygen atoms in total. The maximum Gasteiger partial charge on any atom is 0.338 e. The zero-order valence-electron chi connectivity index (χ0n) is 12.1. The van der Waals surface area contributed by atoms with Gasteiger partial charge in [0.25, 0.3) is 0 Å².